The summed E-state index contributed by atoms with van der Waals surface area (Å²) in [5.74, 6) is 0. The highest BCUT2D eigenvalue weighted by Gasteiger charge is 2.09. The smallest absolute Gasteiger partial charge is 0.283 e. The van der Waals surface area contributed by atoms with E-state index in [0.717, 1.165) is 12.2 Å². The summed E-state index contributed by atoms with van der Waals surface area (Å²) in [6.07, 6.45) is 1.66. The average molecular weight is 358 g/mol. The molecule has 0 aliphatic carbocycles. The maximum atomic E-state index is 12.1. The van der Waals surface area contributed by atoms with Crippen LogP contribution in [-0.2, 0) is 13.1 Å². The zero-order valence-corrected chi connectivity index (χ0v) is 13.7. The summed E-state index contributed by atoms with van der Waals surface area (Å²) in [6, 6.07) is 0. The minimum absolute atomic E-state index is 0.130. The Morgan fingerprint density at radius 2 is 2.30 bits per heavy atom. The van der Waals surface area contributed by atoms with E-state index in [0.29, 0.717) is 23.2 Å². The molecular weight excluding hydrogens is 342 g/mol. The molecule has 20 heavy (non-hydrogen) atoms. The molecule has 8 heteroatoms. The van der Waals surface area contributed by atoms with Gasteiger partial charge in [0.25, 0.3) is 5.56 Å². The Labute approximate surface area is 129 Å². The fourth-order valence-corrected chi connectivity index (χ4v) is 2.56. The van der Waals surface area contributed by atoms with Crippen molar-refractivity contribution < 1.29 is 0 Å². The van der Waals surface area contributed by atoms with Gasteiger partial charge in [0, 0.05) is 11.9 Å². The Kier molecular flexibility index (Phi) is 5.27. The molecular formula is C12H16BrN5OS. The summed E-state index contributed by atoms with van der Waals surface area (Å²) >= 11 is 4.88. The lowest BCUT2D eigenvalue weighted by atomic mass is 10.4. The Morgan fingerprint density at radius 3 is 2.95 bits per heavy atom. The molecule has 0 aromatic carbocycles. The van der Waals surface area contributed by atoms with E-state index in [2.05, 4.69) is 31.3 Å². The first-order chi connectivity index (χ1) is 9.58. The molecule has 6 nitrogen and oxygen atoms in total. The van der Waals surface area contributed by atoms with Gasteiger partial charge in [0.2, 0.25) is 0 Å². The average Bonchev–Trinajstić information content (AvgIpc) is 2.92. The van der Waals surface area contributed by atoms with Crippen LogP contribution >= 0.6 is 27.3 Å². The molecule has 2 aromatic rings. The van der Waals surface area contributed by atoms with Gasteiger partial charge in [-0.15, -0.1) is 11.3 Å². The first-order valence-electron chi connectivity index (χ1n) is 6.09. The number of nitrogens with one attached hydrogen (secondary N) is 1. The van der Waals surface area contributed by atoms with Gasteiger partial charge in [-0.1, -0.05) is 0 Å². The fourth-order valence-electron chi connectivity index (χ4n) is 1.55. The normalized spacial score (nSPS) is 11.0. The molecule has 2 heterocycles. The van der Waals surface area contributed by atoms with E-state index < -0.39 is 0 Å². The van der Waals surface area contributed by atoms with E-state index in [1.807, 2.05) is 24.4 Å². The van der Waals surface area contributed by atoms with Crippen molar-refractivity contribution >= 4 is 33.0 Å². The lowest BCUT2D eigenvalue weighted by molar-refractivity contribution is 0.367. The van der Waals surface area contributed by atoms with Gasteiger partial charge in [0.05, 0.1) is 36.2 Å². The number of aromatic nitrogens is 3. The number of halogens is 1. The second-order valence-electron chi connectivity index (χ2n) is 4.54. The highest BCUT2D eigenvalue weighted by Crippen LogP contribution is 2.17. The summed E-state index contributed by atoms with van der Waals surface area (Å²) in [5, 5.41) is 9.30. The summed E-state index contributed by atoms with van der Waals surface area (Å²) in [5.41, 5.74) is 3.28. The van der Waals surface area contributed by atoms with Crippen molar-refractivity contribution in [3.05, 3.63) is 37.6 Å². The third-order valence-corrected chi connectivity index (χ3v) is 4.09. The first kappa shape index (κ1) is 15.1. The van der Waals surface area contributed by atoms with E-state index in [1.165, 1.54) is 4.68 Å². The molecule has 0 aliphatic rings. The molecule has 108 valence electrons. The molecule has 0 atom stereocenters. The van der Waals surface area contributed by atoms with Crippen LogP contribution in [-0.4, -0.2) is 40.3 Å². The standard InChI is InChI=1S/C12H16BrN5OS/c1-17(2)3-4-18-12(19)11(13)10(6-16-18)14-5-9-7-20-8-15-9/h6-8,14H,3-5H2,1-2H3. The second-order valence-corrected chi connectivity index (χ2v) is 6.05. The zero-order chi connectivity index (χ0) is 14.5. The van der Waals surface area contributed by atoms with Crippen LogP contribution in [0.3, 0.4) is 0 Å². The zero-order valence-electron chi connectivity index (χ0n) is 11.3. The van der Waals surface area contributed by atoms with Gasteiger partial charge in [0.1, 0.15) is 4.47 Å². The van der Waals surface area contributed by atoms with Crippen LogP contribution in [0.5, 0.6) is 0 Å². The van der Waals surface area contributed by atoms with Gasteiger partial charge in [-0.25, -0.2) is 9.67 Å². The quantitative estimate of drug-likeness (QED) is 0.851. The number of rotatable bonds is 6. The van der Waals surface area contributed by atoms with Crippen molar-refractivity contribution in [3.8, 4) is 0 Å². The lowest BCUT2D eigenvalue weighted by Gasteiger charge is -2.12. The van der Waals surface area contributed by atoms with Crippen LogP contribution in [0.15, 0.2) is 26.4 Å². The van der Waals surface area contributed by atoms with E-state index in [-0.39, 0.29) is 5.56 Å². The lowest BCUT2D eigenvalue weighted by Crippen LogP contribution is -2.29. The van der Waals surface area contributed by atoms with E-state index in [1.54, 1.807) is 23.0 Å². The Bertz CT molecular complexity index is 611. The van der Waals surface area contributed by atoms with Gasteiger partial charge in [0.15, 0.2) is 0 Å². The summed E-state index contributed by atoms with van der Waals surface area (Å²) in [4.78, 5) is 18.3. The third-order valence-electron chi connectivity index (χ3n) is 2.69. The Balaban J connectivity index is 2.08. The second kappa shape index (κ2) is 6.96. The van der Waals surface area contributed by atoms with Gasteiger partial charge < -0.3 is 10.2 Å². The predicted molar refractivity (Wildman–Crippen MR) is 84.2 cm³/mol. The highest BCUT2D eigenvalue weighted by molar-refractivity contribution is 9.10. The van der Waals surface area contributed by atoms with Crippen molar-refractivity contribution in [2.45, 2.75) is 13.1 Å². The van der Waals surface area contributed by atoms with Crippen LogP contribution in [0, 0.1) is 0 Å². The molecule has 0 bridgehead atoms. The largest absolute Gasteiger partial charge is 0.377 e. The van der Waals surface area contributed by atoms with Crippen molar-refractivity contribution in [3.63, 3.8) is 0 Å². The van der Waals surface area contributed by atoms with E-state index in [9.17, 15) is 4.79 Å². The molecule has 0 spiro atoms. The third kappa shape index (κ3) is 3.87. The first-order valence-corrected chi connectivity index (χ1v) is 7.83. The number of likely N-dealkylation sites (N-methyl/N-ethyl adjacent to an activating group) is 1. The van der Waals surface area contributed by atoms with Crippen LogP contribution < -0.4 is 10.9 Å². The molecule has 2 aromatic heterocycles. The number of hydrogen-bond acceptors (Lipinski definition) is 6. The predicted octanol–water partition coefficient (Wildman–Crippen LogP) is 1.64. The van der Waals surface area contributed by atoms with E-state index in [4.69, 9.17) is 0 Å². The molecule has 0 saturated heterocycles. The fraction of sp³-hybridized carbons (Fsp3) is 0.417. The minimum atomic E-state index is -0.130. The minimum Gasteiger partial charge on any atom is -0.377 e. The Morgan fingerprint density at radius 1 is 1.50 bits per heavy atom. The molecule has 0 amide bonds. The number of nitrogens with zero attached hydrogens (tertiary/aromatic N) is 4. The number of thiazole rings is 1. The van der Waals surface area contributed by atoms with E-state index >= 15 is 0 Å². The van der Waals surface area contributed by atoms with Crippen LogP contribution in [0.4, 0.5) is 5.69 Å². The summed E-state index contributed by atoms with van der Waals surface area (Å²) in [7, 11) is 3.92. The highest BCUT2D eigenvalue weighted by atomic mass is 79.9. The van der Waals surface area contributed by atoms with Crippen molar-refractivity contribution in [1.82, 2.24) is 19.7 Å². The SMILES string of the molecule is CN(C)CCn1ncc(NCc2cscn2)c(Br)c1=O. The van der Waals surface area contributed by atoms with Crippen molar-refractivity contribution in [2.24, 2.45) is 0 Å². The monoisotopic (exact) mass is 357 g/mol. The van der Waals surface area contributed by atoms with Crippen LogP contribution in [0.1, 0.15) is 5.69 Å². The molecule has 0 saturated carbocycles. The molecule has 0 unspecified atom stereocenters. The van der Waals surface area contributed by atoms with Crippen LogP contribution in [0.2, 0.25) is 0 Å². The van der Waals surface area contributed by atoms with Crippen LogP contribution in [0.25, 0.3) is 0 Å². The molecule has 1 N–H and O–H groups in total. The van der Waals surface area contributed by atoms with Gasteiger partial charge >= 0.3 is 0 Å². The Hall–Kier alpha value is -1.25. The molecule has 2 rings (SSSR count). The number of hydrogen-bond donors (Lipinski definition) is 1. The molecule has 0 aliphatic heterocycles. The molecule has 0 radical (unpaired) electrons. The summed E-state index contributed by atoms with van der Waals surface area (Å²) < 4.78 is 1.96. The van der Waals surface area contributed by atoms with Gasteiger partial charge in [-0.05, 0) is 30.0 Å². The van der Waals surface area contributed by atoms with Crippen molar-refractivity contribution in [2.75, 3.05) is 26.0 Å². The van der Waals surface area contributed by atoms with Gasteiger partial charge in [-0.3, -0.25) is 4.79 Å². The van der Waals surface area contributed by atoms with Gasteiger partial charge in [-0.2, -0.15) is 5.10 Å². The number of anilines is 1. The topological polar surface area (TPSA) is 63.1 Å². The summed E-state index contributed by atoms with van der Waals surface area (Å²) in [6.45, 7) is 1.91. The van der Waals surface area contributed by atoms with Crippen molar-refractivity contribution in [1.29, 1.82) is 0 Å². The molecule has 0 fully saturated rings. The maximum Gasteiger partial charge on any atom is 0.283 e. The maximum absolute atomic E-state index is 12.1.